The number of anilines is 1. The van der Waals surface area contributed by atoms with Gasteiger partial charge in [0.25, 0.3) is 0 Å². The highest BCUT2D eigenvalue weighted by Gasteiger charge is 2.76. The Hall–Kier alpha value is -3.17. The molecule has 6 rings (SSSR count). The summed E-state index contributed by atoms with van der Waals surface area (Å²) >= 11 is 0. The van der Waals surface area contributed by atoms with Crippen LogP contribution in [0, 0.1) is 23.2 Å². The Morgan fingerprint density at radius 3 is 2.27 bits per heavy atom. The first kappa shape index (κ1) is 29.3. The van der Waals surface area contributed by atoms with Crippen molar-refractivity contribution in [1.82, 2.24) is 10.2 Å². The van der Waals surface area contributed by atoms with E-state index in [0.29, 0.717) is 18.9 Å². The largest absolute Gasteiger partial charge is 0.446 e. The Balaban J connectivity index is 0.000000777. The average Bonchev–Trinajstić information content (AvgIpc) is 3.38. The van der Waals surface area contributed by atoms with Gasteiger partial charge in [-0.25, -0.2) is 9.69 Å². The minimum atomic E-state index is -4.84. The molecule has 4 saturated heterocycles. The molecular formula is C29H35F3N4O5. The van der Waals surface area contributed by atoms with Crippen molar-refractivity contribution in [2.24, 2.45) is 11.8 Å². The molecule has 4 aliphatic heterocycles. The average molecular weight is 577 g/mol. The molecule has 1 aliphatic carbocycles. The third-order valence-corrected chi connectivity index (χ3v) is 9.25. The summed E-state index contributed by atoms with van der Waals surface area (Å²) in [4.78, 5) is 42.6. The Kier molecular flexibility index (Phi) is 7.57. The number of ether oxygens (including phenoxy) is 2. The highest BCUT2D eigenvalue weighted by molar-refractivity contribution is 6.23. The van der Waals surface area contributed by atoms with Crippen LogP contribution in [0.3, 0.4) is 0 Å². The van der Waals surface area contributed by atoms with Crippen molar-refractivity contribution < 1.29 is 37.0 Å². The molecule has 1 N–H and O–H groups in total. The summed E-state index contributed by atoms with van der Waals surface area (Å²) in [6, 6.07) is 3.61. The Morgan fingerprint density at radius 2 is 1.71 bits per heavy atom. The molecule has 3 amide bonds. The number of carbonyl (C=O) groups is 3. The normalized spacial score (nSPS) is 33.0. The van der Waals surface area contributed by atoms with Crippen LogP contribution in [0.2, 0.25) is 0 Å². The van der Waals surface area contributed by atoms with Gasteiger partial charge in [0.1, 0.15) is 6.10 Å². The van der Waals surface area contributed by atoms with Crippen molar-refractivity contribution in [3.8, 4) is 6.07 Å². The maximum absolute atomic E-state index is 13.6. The molecule has 1 aromatic rings. The second kappa shape index (κ2) is 10.6. The maximum Gasteiger partial charge on any atom is 0.417 e. The fourth-order valence-electron chi connectivity index (χ4n) is 6.69. The number of alkyl halides is 3. The molecule has 9 nitrogen and oxygen atoms in total. The first-order valence-corrected chi connectivity index (χ1v) is 14.1. The fraction of sp³-hybridized carbons (Fsp3) is 0.655. The number of fused-ring (bicyclic) bond motifs is 5. The van der Waals surface area contributed by atoms with Gasteiger partial charge in [0.05, 0.1) is 52.0 Å². The Labute approximate surface area is 236 Å². The van der Waals surface area contributed by atoms with Crippen LogP contribution in [0.4, 0.5) is 23.7 Å². The highest BCUT2D eigenvalue weighted by atomic mass is 19.4. The number of nitrogens with zero attached hydrogens (tertiary/aromatic N) is 3. The molecule has 1 aromatic carbocycles. The predicted octanol–water partition coefficient (Wildman–Crippen LogP) is 4.38. The number of carbonyl (C=O) groups excluding carboxylic acids is 3. The third-order valence-electron chi connectivity index (χ3n) is 9.25. The van der Waals surface area contributed by atoms with Gasteiger partial charge in [-0.15, -0.1) is 0 Å². The molecule has 5 aliphatic rings. The molecule has 2 bridgehead atoms. The van der Waals surface area contributed by atoms with Crippen LogP contribution in [0.5, 0.6) is 0 Å². The summed E-state index contributed by atoms with van der Waals surface area (Å²) in [5.41, 5.74) is -4.45. The summed E-state index contributed by atoms with van der Waals surface area (Å²) in [6.45, 7) is 4.93. The summed E-state index contributed by atoms with van der Waals surface area (Å²) in [7, 11) is 1.99. The first-order valence-electron chi connectivity index (χ1n) is 14.1. The molecule has 12 heteroatoms. The minimum Gasteiger partial charge on any atom is -0.446 e. The van der Waals surface area contributed by atoms with E-state index < -0.39 is 64.3 Å². The van der Waals surface area contributed by atoms with Crippen molar-refractivity contribution in [1.29, 1.82) is 5.26 Å². The topological polar surface area (TPSA) is 112 Å². The molecule has 0 spiro atoms. The second-order valence-corrected chi connectivity index (χ2v) is 12.1. The number of piperidine rings is 1. The van der Waals surface area contributed by atoms with Gasteiger partial charge >= 0.3 is 12.3 Å². The number of benzene rings is 1. The van der Waals surface area contributed by atoms with E-state index in [2.05, 4.69) is 10.2 Å². The quantitative estimate of drug-likeness (QED) is 0.532. The van der Waals surface area contributed by atoms with Gasteiger partial charge in [-0.05, 0) is 51.9 Å². The summed E-state index contributed by atoms with van der Waals surface area (Å²) < 4.78 is 52.4. The molecule has 0 aromatic heterocycles. The van der Waals surface area contributed by atoms with E-state index in [0.717, 1.165) is 30.1 Å². The van der Waals surface area contributed by atoms with E-state index in [-0.39, 0.29) is 18.2 Å². The first-order chi connectivity index (χ1) is 19.3. The van der Waals surface area contributed by atoms with Crippen LogP contribution in [0.1, 0.15) is 69.9 Å². The molecule has 5 atom stereocenters. The molecule has 0 unspecified atom stereocenters. The zero-order valence-corrected chi connectivity index (χ0v) is 23.4. The van der Waals surface area contributed by atoms with Crippen LogP contribution in [0.25, 0.3) is 0 Å². The van der Waals surface area contributed by atoms with E-state index >= 15 is 0 Å². The van der Waals surface area contributed by atoms with Crippen molar-refractivity contribution in [2.45, 2.75) is 88.3 Å². The number of hydrogen-bond acceptors (Lipinski definition) is 7. The lowest BCUT2D eigenvalue weighted by molar-refractivity contribution is -0.138. The number of nitriles is 1. The van der Waals surface area contributed by atoms with E-state index in [1.54, 1.807) is 13.8 Å². The minimum absolute atomic E-state index is 0.226. The molecule has 1 saturated carbocycles. The number of imide groups is 1. The smallest absolute Gasteiger partial charge is 0.417 e. The lowest BCUT2D eigenvalue weighted by atomic mass is 9.66. The summed E-state index contributed by atoms with van der Waals surface area (Å²) in [5, 5.41) is 11.9. The van der Waals surface area contributed by atoms with Crippen molar-refractivity contribution in [3.63, 3.8) is 0 Å². The number of rotatable bonds is 3. The fourth-order valence-corrected chi connectivity index (χ4v) is 6.69. The van der Waals surface area contributed by atoms with Crippen LogP contribution >= 0.6 is 0 Å². The van der Waals surface area contributed by atoms with Gasteiger partial charge in [-0.2, -0.15) is 18.4 Å². The Morgan fingerprint density at radius 1 is 1.10 bits per heavy atom. The number of nitrogens with one attached hydrogen (secondary N) is 1. The van der Waals surface area contributed by atoms with Gasteiger partial charge in [0, 0.05) is 19.5 Å². The van der Waals surface area contributed by atoms with Gasteiger partial charge in [0.2, 0.25) is 11.8 Å². The SMILES string of the molecule is C1CCC1.CN1CCC(OC(=O)N[C@@H]2C[C@]3(C)O[C@@]2(C)[C@@H]2C(=O)N(c4ccc(C#N)c(C(F)(F)F)c4)C(=O)[C@@H]23)CC1. The third kappa shape index (κ3) is 5.18. The van der Waals surface area contributed by atoms with Crippen LogP contribution < -0.4 is 10.2 Å². The number of alkyl carbamates (subject to hydrolysis) is 1. The maximum atomic E-state index is 13.6. The van der Waals surface area contributed by atoms with Crippen molar-refractivity contribution >= 4 is 23.6 Å². The van der Waals surface area contributed by atoms with Gasteiger partial charge in [-0.3, -0.25) is 9.59 Å². The molecule has 4 heterocycles. The van der Waals surface area contributed by atoms with Crippen LogP contribution in [-0.2, 0) is 25.2 Å². The molecule has 0 radical (unpaired) electrons. The molecule has 41 heavy (non-hydrogen) atoms. The number of hydrogen-bond donors (Lipinski definition) is 1. The van der Waals surface area contributed by atoms with Gasteiger partial charge < -0.3 is 19.7 Å². The van der Waals surface area contributed by atoms with Gasteiger partial charge in [0.15, 0.2) is 0 Å². The van der Waals surface area contributed by atoms with Gasteiger partial charge in [-0.1, -0.05) is 25.7 Å². The lowest BCUT2D eigenvalue weighted by Gasteiger charge is -2.36. The van der Waals surface area contributed by atoms with Crippen LogP contribution in [-0.4, -0.2) is 66.3 Å². The zero-order chi connectivity index (χ0) is 29.7. The molecular weight excluding hydrogens is 541 g/mol. The number of amides is 3. The summed E-state index contributed by atoms with van der Waals surface area (Å²) in [5.74, 6) is -3.28. The predicted molar refractivity (Wildman–Crippen MR) is 141 cm³/mol. The number of halogens is 3. The van der Waals surface area contributed by atoms with Crippen molar-refractivity contribution in [2.75, 3.05) is 25.0 Å². The number of likely N-dealkylation sites (tertiary alicyclic amines) is 1. The van der Waals surface area contributed by atoms with Crippen LogP contribution in [0.15, 0.2) is 18.2 Å². The molecule has 222 valence electrons. The second-order valence-electron chi connectivity index (χ2n) is 12.1. The van der Waals surface area contributed by atoms with E-state index in [1.165, 1.54) is 31.8 Å². The lowest BCUT2D eigenvalue weighted by Crippen LogP contribution is -2.56. The summed E-state index contributed by atoms with van der Waals surface area (Å²) in [6.07, 6.45) is 1.95. The Bertz CT molecular complexity index is 1270. The standard InChI is InChI=1S/C25H27F3N4O5.C4H8/c1-23-11-17(30-22(35)36-15-6-8-31(3)9-7-15)24(2,37-23)19-18(23)20(33)32(21(19)34)14-5-4-13(12-29)16(10-14)25(26,27)28;1-2-4-3-1/h4-5,10,15,17-19H,6-9,11H2,1-3H3,(H,30,35);1-4H2/t17-,18-,19+,23+,24-;/m1./s1. The highest BCUT2D eigenvalue weighted by Crippen LogP contribution is 2.61. The monoisotopic (exact) mass is 576 g/mol. The van der Waals surface area contributed by atoms with E-state index in [9.17, 15) is 27.6 Å². The van der Waals surface area contributed by atoms with Crippen molar-refractivity contribution in [3.05, 3.63) is 29.3 Å². The molecule has 5 fully saturated rings. The van der Waals surface area contributed by atoms with E-state index in [1.807, 2.05) is 7.05 Å². The zero-order valence-electron chi connectivity index (χ0n) is 23.4. The van der Waals surface area contributed by atoms with E-state index in [4.69, 9.17) is 14.7 Å².